The smallest absolute Gasteiger partial charge is 0.224 e. The standard InChI is InChI=1S/C20H22N2O2/c1-14-17(16-9-5-6-10-18(16)22(14)2)13-21-20(23)12-15-8-4-7-11-19(15)24-3/h4-11H,12-13H2,1-3H3,(H,21,23). The summed E-state index contributed by atoms with van der Waals surface area (Å²) in [6.45, 7) is 2.61. The lowest BCUT2D eigenvalue weighted by atomic mass is 10.1. The zero-order chi connectivity index (χ0) is 17.1. The van der Waals surface area contributed by atoms with Crippen LogP contribution in [0.5, 0.6) is 5.75 Å². The van der Waals surface area contributed by atoms with Gasteiger partial charge in [-0.05, 0) is 24.6 Å². The molecule has 0 radical (unpaired) electrons. The number of carbonyl (C=O) groups is 1. The minimum absolute atomic E-state index is 0.00756. The average molecular weight is 322 g/mol. The molecule has 0 spiro atoms. The van der Waals surface area contributed by atoms with Crippen molar-refractivity contribution in [3.63, 3.8) is 0 Å². The molecule has 0 unspecified atom stereocenters. The Kier molecular flexibility index (Phi) is 4.56. The first-order chi connectivity index (χ1) is 11.6. The van der Waals surface area contributed by atoms with Crippen LogP contribution in [0.4, 0.5) is 0 Å². The van der Waals surface area contributed by atoms with E-state index in [0.717, 1.165) is 11.3 Å². The Bertz CT molecular complexity index is 880. The number of nitrogens with zero attached hydrogens (tertiary/aromatic N) is 1. The fourth-order valence-electron chi connectivity index (χ4n) is 3.09. The second-order valence-corrected chi connectivity index (χ2v) is 5.91. The second-order valence-electron chi connectivity index (χ2n) is 5.91. The minimum atomic E-state index is -0.00756. The highest BCUT2D eigenvalue weighted by Crippen LogP contribution is 2.24. The van der Waals surface area contributed by atoms with Crippen molar-refractivity contribution in [2.75, 3.05) is 7.11 Å². The first-order valence-electron chi connectivity index (χ1n) is 8.03. The fourth-order valence-corrected chi connectivity index (χ4v) is 3.09. The molecule has 0 bridgehead atoms. The number of hydrogen-bond donors (Lipinski definition) is 1. The molecule has 0 fully saturated rings. The van der Waals surface area contributed by atoms with Crippen LogP contribution in [0.2, 0.25) is 0 Å². The summed E-state index contributed by atoms with van der Waals surface area (Å²) in [6.07, 6.45) is 0.313. The normalized spacial score (nSPS) is 10.8. The third-order valence-electron chi connectivity index (χ3n) is 4.54. The highest BCUT2D eigenvalue weighted by atomic mass is 16.5. The van der Waals surface area contributed by atoms with Crippen LogP contribution in [-0.4, -0.2) is 17.6 Å². The maximum absolute atomic E-state index is 12.3. The molecule has 24 heavy (non-hydrogen) atoms. The first kappa shape index (κ1) is 16.1. The van der Waals surface area contributed by atoms with Crippen LogP contribution in [-0.2, 0) is 24.8 Å². The number of nitrogens with one attached hydrogen (secondary N) is 1. The minimum Gasteiger partial charge on any atom is -0.496 e. The van der Waals surface area contributed by atoms with Gasteiger partial charge in [0.25, 0.3) is 0 Å². The molecule has 3 aromatic rings. The van der Waals surface area contributed by atoms with Crippen molar-refractivity contribution in [3.05, 3.63) is 65.4 Å². The topological polar surface area (TPSA) is 43.3 Å². The van der Waals surface area contributed by atoms with E-state index in [-0.39, 0.29) is 5.91 Å². The van der Waals surface area contributed by atoms with Crippen LogP contribution in [0.1, 0.15) is 16.8 Å². The number of rotatable bonds is 5. The van der Waals surface area contributed by atoms with Crippen molar-refractivity contribution >= 4 is 16.8 Å². The molecule has 1 heterocycles. The van der Waals surface area contributed by atoms with Gasteiger partial charge in [0, 0.05) is 35.8 Å². The number of hydrogen-bond acceptors (Lipinski definition) is 2. The Morgan fingerprint density at radius 3 is 2.62 bits per heavy atom. The monoisotopic (exact) mass is 322 g/mol. The molecule has 124 valence electrons. The van der Waals surface area contributed by atoms with Gasteiger partial charge in [-0.25, -0.2) is 0 Å². The zero-order valence-corrected chi connectivity index (χ0v) is 14.3. The van der Waals surface area contributed by atoms with E-state index in [1.807, 2.05) is 36.4 Å². The molecule has 1 aromatic heterocycles. The number of carbonyl (C=O) groups excluding carboxylic acids is 1. The molecule has 4 nitrogen and oxygen atoms in total. The van der Waals surface area contributed by atoms with E-state index in [1.54, 1.807) is 7.11 Å². The molecule has 1 amide bonds. The van der Waals surface area contributed by atoms with Gasteiger partial charge in [0.1, 0.15) is 5.75 Å². The van der Waals surface area contributed by atoms with E-state index in [1.165, 1.54) is 22.2 Å². The summed E-state index contributed by atoms with van der Waals surface area (Å²) in [5.74, 6) is 0.737. The Morgan fingerprint density at radius 2 is 1.83 bits per heavy atom. The molecular formula is C20H22N2O2. The summed E-state index contributed by atoms with van der Waals surface area (Å²) in [6, 6.07) is 15.9. The summed E-state index contributed by atoms with van der Waals surface area (Å²) in [4.78, 5) is 12.3. The quantitative estimate of drug-likeness (QED) is 0.783. The molecule has 0 saturated carbocycles. The number of fused-ring (bicyclic) bond motifs is 1. The van der Waals surface area contributed by atoms with Crippen molar-refractivity contribution in [2.45, 2.75) is 19.9 Å². The number of benzene rings is 2. The number of aryl methyl sites for hydroxylation is 1. The predicted octanol–water partition coefficient (Wildman–Crippen LogP) is 3.35. The lowest BCUT2D eigenvalue weighted by Crippen LogP contribution is -2.25. The Hall–Kier alpha value is -2.75. The van der Waals surface area contributed by atoms with E-state index in [0.29, 0.717) is 13.0 Å². The van der Waals surface area contributed by atoms with Crippen LogP contribution in [0.3, 0.4) is 0 Å². The van der Waals surface area contributed by atoms with E-state index >= 15 is 0 Å². The summed E-state index contributed by atoms with van der Waals surface area (Å²) >= 11 is 0. The van der Waals surface area contributed by atoms with Gasteiger partial charge >= 0.3 is 0 Å². The molecule has 0 aliphatic carbocycles. The van der Waals surface area contributed by atoms with Crippen molar-refractivity contribution in [1.82, 2.24) is 9.88 Å². The maximum atomic E-state index is 12.3. The van der Waals surface area contributed by atoms with E-state index in [4.69, 9.17) is 4.74 Å². The molecule has 0 aliphatic heterocycles. The van der Waals surface area contributed by atoms with Crippen LogP contribution < -0.4 is 10.1 Å². The zero-order valence-electron chi connectivity index (χ0n) is 14.3. The molecule has 0 aliphatic rings. The molecule has 4 heteroatoms. The van der Waals surface area contributed by atoms with Crippen molar-refractivity contribution in [1.29, 1.82) is 0 Å². The molecule has 0 atom stereocenters. The van der Waals surface area contributed by atoms with E-state index in [9.17, 15) is 4.79 Å². The molecule has 1 N–H and O–H groups in total. The lowest BCUT2D eigenvalue weighted by Gasteiger charge is -2.09. The highest BCUT2D eigenvalue weighted by molar-refractivity contribution is 5.86. The summed E-state index contributed by atoms with van der Waals surface area (Å²) in [5, 5.41) is 4.23. The van der Waals surface area contributed by atoms with E-state index < -0.39 is 0 Å². The molecule has 3 rings (SSSR count). The second kappa shape index (κ2) is 6.79. The number of methoxy groups -OCH3 is 1. The summed E-state index contributed by atoms with van der Waals surface area (Å²) in [5.41, 5.74) is 4.42. The van der Waals surface area contributed by atoms with Gasteiger partial charge in [-0.15, -0.1) is 0 Å². The predicted molar refractivity (Wildman–Crippen MR) is 96.2 cm³/mol. The van der Waals surface area contributed by atoms with Gasteiger partial charge in [-0.1, -0.05) is 36.4 Å². The summed E-state index contributed by atoms with van der Waals surface area (Å²) < 4.78 is 7.47. The van der Waals surface area contributed by atoms with Gasteiger partial charge in [0.05, 0.1) is 13.5 Å². The van der Waals surface area contributed by atoms with Gasteiger partial charge in [0.2, 0.25) is 5.91 Å². The summed E-state index contributed by atoms with van der Waals surface area (Å²) in [7, 11) is 3.67. The van der Waals surface area contributed by atoms with Crippen LogP contribution >= 0.6 is 0 Å². The maximum Gasteiger partial charge on any atom is 0.224 e. The Labute approximate surface area is 142 Å². The van der Waals surface area contributed by atoms with Crippen molar-refractivity contribution in [3.8, 4) is 5.75 Å². The number of ether oxygens (including phenoxy) is 1. The fraction of sp³-hybridized carbons (Fsp3) is 0.250. The first-order valence-corrected chi connectivity index (χ1v) is 8.03. The van der Waals surface area contributed by atoms with Crippen LogP contribution in [0.15, 0.2) is 48.5 Å². The average Bonchev–Trinajstić information content (AvgIpc) is 2.85. The van der Waals surface area contributed by atoms with Crippen LogP contribution in [0, 0.1) is 6.92 Å². The Balaban J connectivity index is 1.74. The number of aromatic nitrogens is 1. The lowest BCUT2D eigenvalue weighted by molar-refractivity contribution is -0.120. The molecular weight excluding hydrogens is 300 g/mol. The van der Waals surface area contributed by atoms with Gasteiger partial charge < -0.3 is 14.6 Å². The Morgan fingerprint density at radius 1 is 1.12 bits per heavy atom. The van der Waals surface area contributed by atoms with E-state index in [2.05, 4.69) is 36.0 Å². The van der Waals surface area contributed by atoms with Gasteiger partial charge in [0.15, 0.2) is 0 Å². The van der Waals surface area contributed by atoms with Crippen LogP contribution in [0.25, 0.3) is 10.9 Å². The van der Waals surface area contributed by atoms with Gasteiger partial charge in [-0.2, -0.15) is 0 Å². The van der Waals surface area contributed by atoms with Crippen molar-refractivity contribution < 1.29 is 9.53 Å². The number of para-hydroxylation sites is 2. The molecule has 0 saturated heterocycles. The largest absolute Gasteiger partial charge is 0.496 e. The van der Waals surface area contributed by atoms with Crippen molar-refractivity contribution in [2.24, 2.45) is 7.05 Å². The third-order valence-corrected chi connectivity index (χ3v) is 4.54. The molecule has 2 aromatic carbocycles. The van der Waals surface area contributed by atoms with Gasteiger partial charge in [-0.3, -0.25) is 4.79 Å². The SMILES string of the molecule is COc1ccccc1CC(=O)NCc1c(C)n(C)c2ccccc12. The highest BCUT2D eigenvalue weighted by Gasteiger charge is 2.13. The third kappa shape index (κ3) is 3.00. The number of amides is 1.